The molecule has 1 N–H and O–H groups in total. The highest BCUT2D eigenvalue weighted by Gasteiger charge is 2.28. The second-order valence-electron chi connectivity index (χ2n) is 6.04. The van der Waals surface area contributed by atoms with Crippen LogP contribution in [-0.2, 0) is 0 Å². The first-order valence-electron chi connectivity index (χ1n) is 8.58. The Morgan fingerprint density at radius 1 is 0.840 bits per heavy atom. The van der Waals surface area contributed by atoms with E-state index < -0.39 is 0 Å². The first-order chi connectivity index (χ1) is 12.3. The van der Waals surface area contributed by atoms with Gasteiger partial charge in [-0.3, -0.25) is 4.90 Å². The Kier molecular flexibility index (Phi) is 5.79. The van der Waals surface area contributed by atoms with Crippen LogP contribution in [-0.4, -0.2) is 52.4 Å². The van der Waals surface area contributed by atoms with Crippen molar-refractivity contribution < 1.29 is 14.2 Å². The number of para-hydroxylation sites is 1. The number of benzene rings is 2. The largest absolute Gasteiger partial charge is 0.497 e. The van der Waals surface area contributed by atoms with Gasteiger partial charge in [0.2, 0.25) is 0 Å². The second-order valence-corrected chi connectivity index (χ2v) is 6.04. The fourth-order valence-electron chi connectivity index (χ4n) is 3.44. The normalized spacial score (nSPS) is 16.3. The van der Waals surface area contributed by atoms with Crippen LogP contribution in [0.1, 0.15) is 17.2 Å². The highest BCUT2D eigenvalue weighted by molar-refractivity contribution is 5.49. The van der Waals surface area contributed by atoms with Crippen molar-refractivity contribution in [3.05, 3.63) is 53.6 Å². The maximum atomic E-state index is 5.69. The van der Waals surface area contributed by atoms with E-state index in [1.165, 1.54) is 0 Å². The minimum atomic E-state index is 0.0686. The average molecular weight is 342 g/mol. The van der Waals surface area contributed by atoms with E-state index in [0.29, 0.717) is 0 Å². The van der Waals surface area contributed by atoms with Crippen LogP contribution in [0.5, 0.6) is 17.2 Å². The highest BCUT2D eigenvalue weighted by Crippen LogP contribution is 2.40. The smallest absolute Gasteiger partial charge is 0.127 e. The third kappa shape index (κ3) is 3.72. The molecule has 0 aliphatic carbocycles. The molecular weight excluding hydrogens is 316 g/mol. The molecule has 0 aromatic heterocycles. The fraction of sp³-hybridized carbons (Fsp3) is 0.400. The lowest BCUT2D eigenvalue weighted by Crippen LogP contribution is -2.45. The fourth-order valence-corrected chi connectivity index (χ4v) is 3.44. The molecule has 134 valence electrons. The van der Waals surface area contributed by atoms with Gasteiger partial charge in [-0.15, -0.1) is 0 Å². The second kappa shape index (κ2) is 8.23. The molecule has 2 aromatic carbocycles. The Bertz CT molecular complexity index is 699. The molecule has 3 rings (SSSR count). The van der Waals surface area contributed by atoms with Crippen molar-refractivity contribution in [1.82, 2.24) is 10.2 Å². The van der Waals surface area contributed by atoms with E-state index in [2.05, 4.69) is 28.4 Å². The van der Waals surface area contributed by atoms with Gasteiger partial charge in [-0.25, -0.2) is 0 Å². The zero-order valence-electron chi connectivity index (χ0n) is 15.1. The number of hydrogen-bond acceptors (Lipinski definition) is 5. The molecule has 1 atom stereocenters. The maximum Gasteiger partial charge on any atom is 0.127 e. The molecule has 0 spiro atoms. The predicted molar refractivity (Wildman–Crippen MR) is 98.8 cm³/mol. The molecule has 1 saturated heterocycles. The third-order valence-corrected chi connectivity index (χ3v) is 4.69. The molecule has 1 aliphatic heterocycles. The van der Waals surface area contributed by atoms with Gasteiger partial charge in [0.05, 0.1) is 27.4 Å². The molecule has 5 nitrogen and oxygen atoms in total. The van der Waals surface area contributed by atoms with Crippen LogP contribution in [0.3, 0.4) is 0 Å². The molecule has 0 amide bonds. The average Bonchev–Trinajstić information content (AvgIpc) is 2.69. The zero-order chi connectivity index (χ0) is 17.6. The van der Waals surface area contributed by atoms with Crippen molar-refractivity contribution in [3.8, 4) is 17.2 Å². The van der Waals surface area contributed by atoms with Gasteiger partial charge in [-0.1, -0.05) is 18.2 Å². The Morgan fingerprint density at radius 3 is 2.20 bits per heavy atom. The van der Waals surface area contributed by atoms with E-state index in [9.17, 15) is 0 Å². The lowest BCUT2D eigenvalue weighted by molar-refractivity contribution is 0.192. The minimum absolute atomic E-state index is 0.0686. The zero-order valence-corrected chi connectivity index (χ0v) is 15.1. The molecule has 2 aromatic rings. The van der Waals surface area contributed by atoms with Crippen molar-refractivity contribution in [2.75, 3.05) is 47.5 Å². The van der Waals surface area contributed by atoms with Gasteiger partial charge in [0.1, 0.15) is 17.2 Å². The predicted octanol–water partition coefficient (Wildman–Crippen LogP) is 2.71. The van der Waals surface area contributed by atoms with E-state index in [-0.39, 0.29) is 6.04 Å². The van der Waals surface area contributed by atoms with Gasteiger partial charge >= 0.3 is 0 Å². The molecular formula is C20H26N2O3. The Morgan fingerprint density at radius 2 is 1.52 bits per heavy atom. The standard InChI is InChI=1S/C20H26N2O3/c1-23-15-8-9-17(19(14-15)25-3)20(22-12-10-21-11-13-22)16-6-4-5-7-18(16)24-2/h4-9,14,20-21H,10-13H2,1-3H3. The van der Waals surface area contributed by atoms with Crippen molar-refractivity contribution in [3.63, 3.8) is 0 Å². The summed E-state index contributed by atoms with van der Waals surface area (Å²) < 4.78 is 16.7. The number of hydrogen-bond donors (Lipinski definition) is 1. The van der Waals surface area contributed by atoms with E-state index in [0.717, 1.165) is 54.6 Å². The first kappa shape index (κ1) is 17.6. The first-order valence-corrected chi connectivity index (χ1v) is 8.58. The number of methoxy groups -OCH3 is 3. The summed E-state index contributed by atoms with van der Waals surface area (Å²) in [6.45, 7) is 3.89. The summed E-state index contributed by atoms with van der Waals surface area (Å²) in [6.07, 6.45) is 0. The summed E-state index contributed by atoms with van der Waals surface area (Å²) in [5.41, 5.74) is 2.27. The summed E-state index contributed by atoms with van der Waals surface area (Å²) in [5, 5.41) is 3.42. The van der Waals surface area contributed by atoms with Crippen LogP contribution in [0.25, 0.3) is 0 Å². The Balaban J connectivity index is 2.11. The molecule has 0 radical (unpaired) electrons. The number of rotatable bonds is 6. The maximum absolute atomic E-state index is 5.69. The molecule has 0 saturated carbocycles. The SMILES string of the molecule is COc1ccc(C(c2ccccc2OC)N2CCNCC2)c(OC)c1. The summed E-state index contributed by atoms with van der Waals surface area (Å²) >= 11 is 0. The number of nitrogens with one attached hydrogen (secondary N) is 1. The van der Waals surface area contributed by atoms with Crippen molar-refractivity contribution in [2.24, 2.45) is 0 Å². The van der Waals surface area contributed by atoms with Crippen LogP contribution in [0, 0.1) is 0 Å². The number of nitrogens with zero attached hydrogens (tertiary/aromatic N) is 1. The summed E-state index contributed by atoms with van der Waals surface area (Å²) in [7, 11) is 5.09. The minimum Gasteiger partial charge on any atom is -0.497 e. The third-order valence-electron chi connectivity index (χ3n) is 4.69. The van der Waals surface area contributed by atoms with Gasteiger partial charge in [0, 0.05) is 43.4 Å². The molecule has 25 heavy (non-hydrogen) atoms. The van der Waals surface area contributed by atoms with E-state index >= 15 is 0 Å². The molecule has 1 heterocycles. The molecule has 1 aliphatic rings. The van der Waals surface area contributed by atoms with E-state index in [4.69, 9.17) is 14.2 Å². The summed E-state index contributed by atoms with van der Waals surface area (Å²) in [6, 6.07) is 14.3. The van der Waals surface area contributed by atoms with E-state index in [1.54, 1.807) is 21.3 Å². The molecule has 0 bridgehead atoms. The van der Waals surface area contributed by atoms with Gasteiger partial charge in [0.15, 0.2) is 0 Å². The quantitative estimate of drug-likeness (QED) is 0.874. The highest BCUT2D eigenvalue weighted by atomic mass is 16.5. The van der Waals surface area contributed by atoms with E-state index in [1.807, 2.05) is 24.3 Å². The van der Waals surface area contributed by atoms with Crippen LogP contribution >= 0.6 is 0 Å². The summed E-state index contributed by atoms with van der Waals surface area (Å²) in [5.74, 6) is 2.51. The number of ether oxygens (including phenoxy) is 3. The summed E-state index contributed by atoms with van der Waals surface area (Å²) in [4.78, 5) is 2.47. The van der Waals surface area contributed by atoms with Gasteiger partial charge < -0.3 is 19.5 Å². The molecule has 1 fully saturated rings. The monoisotopic (exact) mass is 342 g/mol. The molecule has 5 heteroatoms. The van der Waals surface area contributed by atoms with Crippen LogP contribution in [0.4, 0.5) is 0 Å². The van der Waals surface area contributed by atoms with Crippen LogP contribution < -0.4 is 19.5 Å². The lowest BCUT2D eigenvalue weighted by atomic mass is 9.94. The lowest BCUT2D eigenvalue weighted by Gasteiger charge is -2.36. The van der Waals surface area contributed by atoms with Gasteiger partial charge in [0.25, 0.3) is 0 Å². The molecule has 1 unspecified atom stereocenters. The van der Waals surface area contributed by atoms with Gasteiger partial charge in [-0.2, -0.15) is 0 Å². The van der Waals surface area contributed by atoms with Crippen molar-refractivity contribution in [2.45, 2.75) is 6.04 Å². The van der Waals surface area contributed by atoms with Crippen molar-refractivity contribution >= 4 is 0 Å². The van der Waals surface area contributed by atoms with Crippen LogP contribution in [0.15, 0.2) is 42.5 Å². The Labute approximate surface area is 149 Å². The Hall–Kier alpha value is -2.24. The van der Waals surface area contributed by atoms with Gasteiger partial charge in [-0.05, 0) is 18.2 Å². The topological polar surface area (TPSA) is 43.0 Å². The van der Waals surface area contributed by atoms with Crippen LogP contribution in [0.2, 0.25) is 0 Å². The van der Waals surface area contributed by atoms with Crippen molar-refractivity contribution in [1.29, 1.82) is 0 Å². The number of piperazine rings is 1.